The Bertz CT molecular complexity index is 352. The van der Waals surface area contributed by atoms with Crippen LogP contribution in [0.1, 0.15) is 87.0 Å². The van der Waals surface area contributed by atoms with E-state index >= 15 is 0 Å². The molecule has 136 valence electrons. The summed E-state index contributed by atoms with van der Waals surface area (Å²) >= 11 is 0. The molecule has 2 heteroatoms. The van der Waals surface area contributed by atoms with Gasteiger partial charge in [0.2, 0.25) is 0 Å². The Balaban J connectivity index is 1.85. The van der Waals surface area contributed by atoms with Crippen LogP contribution in [0.5, 0.6) is 0 Å². The van der Waals surface area contributed by atoms with Crippen LogP contribution in [-0.2, 0) is 0 Å². The van der Waals surface area contributed by atoms with Crippen LogP contribution in [0.25, 0.3) is 0 Å². The Kier molecular flexibility index (Phi) is 6.98. The molecule has 0 N–H and O–H groups in total. The van der Waals surface area contributed by atoms with E-state index in [4.69, 9.17) is 0 Å². The predicted molar refractivity (Wildman–Crippen MR) is 102 cm³/mol. The number of likely N-dealkylation sites (tertiary alicyclic amines) is 2. The van der Waals surface area contributed by atoms with Crippen LogP contribution in [-0.4, -0.2) is 46.6 Å². The Morgan fingerprint density at radius 2 is 1.57 bits per heavy atom. The average Bonchev–Trinajstić information content (AvgIpc) is 3.10. The van der Waals surface area contributed by atoms with Gasteiger partial charge in [-0.2, -0.15) is 0 Å². The van der Waals surface area contributed by atoms with Gasteiger partial charge in [0, 0.05) is 30.2 Å². The topological polar surface area (TPSA) is 6.48 Å². The van der Waals surface area contributed by atoms with Crippen molar-refractivity contribution < 1.29 is 0 Å². The van der Waals surface area contributed by atoms with Gasteiger partial charge in [0.1, 0.15) is 0 Å². The van der Waals surface area contributed by atoms with Gasteiger partial charge in [0.15, 0.2) is 0 Å². The minimum Gasteiger partial charge on any atom is -0.297 e. The fourth-order valence-corrected chi connectivity index (χ4v) is 5.45. The van der Waals surface area contributed by atoms with Gasteiger partial charge < -0.3 is 0 Å². The van der Waals surface area contributed by atoms with Crippen LogP contribution in [0.4, 0.5) is 0 Å². The van der Waals surface area contributed by atoms with Crippen molar-refractivity contribution >= 4 is 0 Å². The molecule has 0 bridgehead atoms. The van der Waals surface area contributed by atoms with Gasteiger partial charge >= 0.3 is 0 Å². The third-order valence-electron chi connectivity index (χ3n) is 6.74. The third kappa shape index (κ3) is 4.51. The molecule has 2 nitrogen and oxygen atoms in total. The molecule has 0 aromatic carbocycles. The molecule has 0 aromatic heterocycles. The van der Waals surface area contributed by atoms with E-state index in [0.29, 0.717) is 6.04 Å². The van der Waals surface area contributed by atoms with Crippen LogP contribution >= 0.6 is 0 Å². The molecule has 2 saturated heterocycles. The molecule has 2 rings (SSSR count). The zero-order valence-electron chi connectivity index (χ0n) is 16.9. The molecule has 0 aromatic rings. The summed E-state index contributed by atoms with van der Waals surface area (Å²) in [5, 5.41) is 0. The fourth-order valence-electron chi connectivity index (χ4n) is 5.45. The van der Waals surface area contributed by atoms with Crippen molar-refractivity contribution in [2.45, 2.75) is 117 Å². The minimum atomic E-state index is 0.696. The van der Waals surface area contributed by atoms with Crippen LogP contribution in [0.15, 0.2) is 0 Å². The van der Waals surface area contributed by atoms with Gasteiger partial charge in [-0.1, -0.05) is 20.8 Å². The second-order valence-corrected chi connectivity index (χ2v) is 9.13. The molecular formula is C21H42N2. The zero-order chi connectivity index (χ0) is 17.1. The number of nitrogens with zero attached hydrogens (tertiary/aromatic N) is 2. The highest BCUT2D eigenvalue weighted by Gasteiger charge is 2.36. The summed E-state index contributed by atoms with van der Waals surface area (Å²) < 4.78 is 0. The molecule has 0 radical (unpaired) electrons. The first-order valence-electron chi connectivity index (χ1n) is 10.4. The van der Waals surface area contributed by atoms with Crippen molar-refractivity contribution in [2.24, 2.45) is 11.8 Å². The standard InChI is InChI=1S/C21H42N2/c1-15(2)20-9-8-14-22(20)18(6)11-10-17(5)21-13-12-19(7)23(21)16(3)4/h15-21H,8-14H2,1-7H3/t17?,18?,19-,20-,21-/m0/s1. The van der Waals surface area contributed by atoms with Crippen molar-refractivity contribution in [2.75, 3.05) is 6.54 Å². The monoisotopic (exact) mass is 322 g/mol. The number of hydrogen-bond donors (Lipinski definition) is 0. The molecule has 2 aliphatic heterocycles. The van der Waals surface area contributed by atoms with E-state index in [1.54, 1.807) is 0 Å². The van der Waals surface area contributed by atoms with Gasteiger partial charge in [-0.25, -0.2) is 0 Å². The second kappa shape index (κ2) is 8.34. The molecular weight excluding hydrogens is 280 g/mol. The molecule has 0 spiro atoms. The predicted octanol–water partition coefficient (Wildman–Crippen LogP) is 5.17. The van der Waals surface area contributed by atoms with Gasteiger partial charge in [-0.15, -0.1) is 0 Å². The fraction of sp³-hybridized carbons (Fsp3) is 1.00. The average molecular weight is 323 g/mol. The van der Waals surface area contributed by atoms with E-state index in [1.165, 1.54) is 45.1 Å². The first-order valence-corrected chi connectivity index (χ1v) is 10.4. The number of rotatable bonds is 7. The van der Waals surface area contributed by atoms with Crippen molar-refractivity contribution in [3.63, 3.8) is 0 Å². The largest absolute Gasteiger partial charge is 0.297 e. The van der Waals surface area contributed by atoms with E-state index in [0.717, 1.165) is 36.0 Å². The van der Waals surface area contributed by atoms with E-state index in [9.17, 15) is 0 Å². The maximum absolute atomic E-state index is 2.81. The van der Waals surface area contributed by atoms with Crippen molar-refractivity contribution in [3.8, 4) is 0 Å². The van der Waals surface area contributed by atoms with Crippen LogP contribution in [0, 0.1) is 11.8 Å². The lowest BCUT2D eigenvalue weighted by atomic mass is 9.91. The summed E-state index contributed by atoms with van der Waals surface area (Å²) in [5.41, 5.74) is 0. The smallest absolute Gasteiger partial charge is 0.0127 e. The maximum Gasteiger partial charge on any atom is 0.0127 e. The Morgan fingerprint density at radius 1 is 0.870 bits per heavy atom. The Morgan fingerprint density at radius 3 is 2.17 bits per heavy atom. The zero-order valence-corrected chi connectivity index (χ0v) is 16.9. The van der Waals surface area contributed by atoms with Crippen molar-refractivity contribution in [3.05, 3.63) is 0 Å². The van der Waals surface area contributed by atoms with Crippen molar-refractivity contribution in [1.82, 2.24) is 9.80 Å². The molecule has 0 saturated carbocycles. The molecule has 2 heterocycles. The summed E-state index contributed by atoms with van der Waals surface area (Å²) in [5.74, 6) is 1.65. The van der Waals surface area contributed by atoms with Crippen LogP contribution in [0.3, 0.4) is 0 Å². The van der Waals surface area contributed by atoms with Crippen LogP contribution in [0.2, 0.25) is 0 Å². The molecule has 2 fully saturated rings. The summed E-state index contributed by atoms with van der Waals surface area (Å²) in [6, 6.07) is 3.89. The highest BCUT2D eigenvalue weighted by Crippen LogP contribution is 2.34. The minimum absolute atomic E-state index is 0.696. The molecule has 5 atom stereocenters. The summed E-state index contributed by atoms with van der Waals surface area (Å²) in [6.45, 7) is 18.3. The van der Waals surface area contributed by atoms with Crippen molar-refractivity contribution in [1.29, 1.82) is 0 Å². The molecule has 0 aliphatic carbocycles. The summed E-state index contributed by atoms with van der Waals surface area (Å²) in [7, 11) is 0. The van der Waals surface area contributed by atoms with Gasteiger partial charge in [0.25, 0.3) is 0 Å². The van der Waals surface area contributed by atoms with E-state index < -0.39 is 0 Å². The first-order chi connectivity index (χ1) is 10.8. The maximum atomic E-state index is 2.81. The quantitative estimate of drug-likeness (QED) is 0.638. The SMILES string of the molecule is CC(C)[C@@H]1CCCN1C(C)CCC(C)[C@@H]1CC[C@H](C)N1C(C)C. The highest BCUT2D eigenvalue weighted by molar-refractivity contribution is 4.91. The van der Waals surface area contributed by atoms with Gasteiger partial charge in [-0.3, -0.25) is 9.80 Å². The molecule has 2 aliphatic rings. The number of hydrogen-bond acceptors (Lipinski definition) is 2. The van der Waals surface area contributed by atoms with Gasteiger partial charge in [-0.05, 0) is 84.6 Å². The lowest BCUT2D eigenvalue weighted by molar-refractivity contribution is 0.105. The highest BCUT2D eigenvalue weighted by atomic mass is 15.2. The summed E-state index contributed by atoms with van der Waals surface area (Å²) in [4.78, 5) is 5.61. The van der Waals surface area contributed by atoms with E-state index in [1.807, 2.05) is 0 Å². The molecule has 2 unspecified atom stereocenters. The third-order valence-corrected chi connectivity index (χ3v) is 6.74. The Labute approximate surface area is 146 Å². The van der Waals surface area contributed by atoms with E-state index in [-0.39, 0.29) is 0 Å². The summed E-state index contributed by atoms with van der Waals surface area (Å²) in [6.07, 6.45) is 8.39. The second-order valence-electron chi connectivity index (χ2n) is 9.13. The lowest BCUT2D eigenvalue weighted by Gasteiger charge is -2.37. The van der Waals surface area contributed by atoms with E-state index in [2.05, 4.69) is 58.3 Å². The Hall–Kier alpha value is -0.0800. The first kappa shape index (κ1) is 19.2. The molecule has 0 amide bonds. The van der Waals surface area contributed by atoms with Crippen LogP contribution < -0.4 is 0 Å². The molecule has 23 heavy (non-hydrogen) atoms. The van der Waals surface area contributed by atoms with Gasteiger partial charge in [0.05, 0.1) is 0 Å². The lowest BCUT2D eigenvalue weighted by Crippen LogP contribution is -2.44. The normalized spacial score (nSPS) is 33.0.